The van der Waals surface area contributed by atoms with E-state index >= 15 is 0 Å². The third-order valence-corrected chi connectivity index (χ3v) is 4.72. The number of carbonyl (C=O) groups excluding carboxylic acids is 3. The lowest BCUT2D eigenvalue weighted by Gasteiger charge is -2.33. The molecule has 0 bridgehead atoms. The molecular weight excluding hydrogens is 372 g/mol. The summed E-state index contributed by atoms with van der Waals surface area (Å²) < 4.78 is 11.0. The number of para-hydroxylation sites is 2. The van der Waals surface area contributed by atoms with Gasteiger partial charge in [0.05, 0.1) is 12.2 Å². The maximum absolute atomic E-state index is 12.6. The van der Waals surface area contributed by atoms with Crippen LogP contribution in [0, 0.1) is 13.8 Å². The number of anilines is 2. The molecule has 0 aromatic heterocycles. The summed E-state index contributed by atoms with van der Waals surface area (Å²) in [6.07, 6.45) is -2.03. The van der Waals surface area contributed by atoms with Gasteiger partial charge in [0.1, 0.15) is 5.75 Å². The van der Waals surface area contributed by atoms with Gasteiger partial charge in [0.2, 0.25) is 12.0 Å². The number of benzene rings is 2. The normalized spacial score (nSPS) is 16.3. The van der Waals surface area contributed by atoms with Crippen LogP contribution >= 0.6 is 0 Å². The molecule has 2 aromatic rings. The number of hydrogen-bond acceptors (Lipinski definition) is 5. The smallest absolute Gasteiger partial charge is 0.350 e. The molecule has 0 radical (unpaired) electrons. The van der Waals surface area contributed by atoms with Crippen LogP contribution in [0.15, 0.2) is 42.5 Å². The molecule has 0 saturated heterocycles. The molecule has 0 saturated carbocycles. The highest BCUT2D eigenvalue weighted by molar-refractivity contribution is 5.97. The second kappa shape index (κ2) is 8.34. The van der Waals surface area contributed by atoms with Crippen LogP contribution in [0.2, 0.25) is 0 Å². The first-order valence-corrected chi connectivity index (χ1v) is 9.38. The van der Waals surface area contributed by atoms with E-state index in [2.05, 4.69) is 5.32 Å². The Morgan fingerprint density at radius 1 is 1.17 bits per heavy atom. The standard InChI is InChI=1S/C22H24N2O5/c1-13-9-10-17(14(2)11-13)23-21(26)15(3)28-22(27)20-12-24(16(4)25)18-7-5-6-8-19(18)29-20/h5-11,15,20H,12H2,1-4H3,(H,23,26)/t15-,20+/m0/s1. The molecule has 1 heterocycles. The highest BCUT2D eigenvalue weighted by atomic mass is 16.6. The summed E-state index contributed by atoms with van der Waals surface area (Å²) in [6.45, 7) is 6.80. The molecule has 0 unspecified atom stereocenters. The predicted molar refractivity (Wildman–Crippen MR) is 109 cm³/mol. The Bertz CT molecular complexity index is 956. The van der Waals surface area contributed by atoms with E-state index in [-0.39, 0.29) is 12.5 Å². The molecule has 7 heteroatoms. The number of carbonyl (C=O) groups is 3. The van der Waals surface area contributed by atoms with Gasteiger partial charge in [0, 0.05) is 12.6 Å². The number of fused-ring (bicyclic) bond motifs is 1. The maximum Gasteiger partial charge on any atom is 0.350 e. The van der Waals surface area contributed by atoms with Gasteiger partial charge in [-0.15, -0.1) is 0 Å². The van der Waals surface area contributed by atoms with Gasteiger partial charge in [-0.05, 0) is 44.5 Å². The van der Waals surface area contributed by atoms with E-state index in [0.717, 1.165) is 11.1 Å². The van der Waals surface area contributed by atoms with Gasteiger partial charge in [-0.1, -0.05) is 29.8 Å². The van der Waals surface area contributed by atoms with Gasteiger partial charge in [-0.25, -0.2) is 4.79 Å². The molecule has 0 fully saturated rings. The van der Waals surface area contributed by atoms with E-state index < -0.39 is 24.1 Å². The van der Waals surface area contributed by atoms with E-state index in [4.69, 9.17) is 9.47 Å². The zero-order chi connectivity index (χ0) is 21.1. The second-order valence-electron chi connectivity index (χ2n) is 7.09. The van der Waals surface area contributed by atoms with Gasteiger partial charge < -0.3 is 19.7 Å². The first-order valence-electron chi connectivity index (χ1n) is 9.38. The monoisotopic (exact) mass is 396 g/mol. The second-order valence-corrected chi connectivity index (χ2v) is 7.09. The maximum atomic E-state index is 12.6. The van der Waals surface area contributed by atoms with Crippen molar-refractivity contribution in [3.8, 4) is 5.75 Å². The quantitative estimate of drug-likeness (QED) is 0.803. The van der Waals surface area contributed by atoms with Gasteiger partial charge >= 0.3 is 5.97 Å². The summed E-state index contributed by atoms with van der Waals surface area (Å²) >= 11 is 0. The number of nitrogens with zero attached hydrogens (tertiary/aromatic N) is 1. The summed E-state index contributed by atoms with van der Waals surface area (Å²) in [5, 5.41) is 2.77. The molecule has 29 heavy (non-hydrogen) atoms. The van der Waals surface area contributed by atoms with E-state index in [1.807, 2.05) is 32.0 Å². The SMILES string of the molecule is CC(=O)N1C[C@H](C(=O)O[C@@H](C)C(=O)Nc2ccc(C)cc2C)Oc2ccccc21. The number of aryl methyl sites for hydroxylation is 2. The lowest BCUT2D eigenvalue weighted by atomic mass is 10.1. The highest BCUT2D eigenvalue weighted by Crippen LogP contribution is 2.33. The molecule has 2 aromatic carbocycles. The zero-order valence-corrected chi connectivity index (χ0v) is 16.9. The molecule has 2 atom stereocenters. The Kier molecular flexibility index (Phi) is 5.87. The van der Waals surface area contributed by atoms with Crippen LogP contribution in [-0.2, 0) is 19.1 Å². The highest BCUT2D eigenvalue weighted by Gasteiger charge is 2.35. The van der Waals surface area contributed by atoms with E-state index in [9.17, 15) is 14.4 Å². The van der Waals surface area contributed by atoms with Crippen LogP contribution in [-0.4, -0.2) is 36.5 Å². The molecule has 1 aliphatic rings. The van der Waals surface area contributed by atoms with E-state index in [0.29, 0.717) is 17.1 Å². The van der Waals surface area contributed by atoms with Crippen molar-refractivity contribution in [3.05, 3.63) is 53.6 Å². The molecule has 2 amide bonds. The first-order chi connectivity index (χ1) is 13.8. The first kappa shape index (κ1) is 20.4. The summed E-state index contributed by atoms with van der Waals surface area (Å²) in [6, 6.07) is 12.6. The molecule has 152 valence electrons. The minimum absolute atomic E-state index is 0.0244. The third-order valence-electron chi connectivity index (χ3n) is 4.72. The molecule has 0 spiro atoms. The Morgan fingerprint density at radius 2 is 1.90 bits per heavy atom. The number of nitrogens with one attached hydrogen (secondary N) is 1. The predicted octanol–water partition coefficient (Wildman–Crippen LogP) is 2.99. The van der Waals surface area contributed by atoms with Crippen LogP contribution in [0.5, 0.6) is 5.75 Å². The number of hydrogen-bond donors (Lipinski definition) is 1. The van der Waals surface area contributed by atoms with Crippen molar-refractivity contribution in [2.45, 2.75) is 39.9 Å². The number of amides is 2. The van der Waals surface area contributed by atoms with Crippen molar-refractivity contribution in [2.75, 3.05) is 16.8 Å². The topological polar surface area (TPSA) is 84.9 Å². The van der Waals surface area contributed by atoms with Crippen molar-refractivity contribution >= 4 is 29.2 Å². The fourth-order valence-corrected chi connectivity index (χ4v) is 3.15. The Balaban J connectivity index is 1.66. The van der Waals surface area contributed by atoms with Crippen molar-refractivity contribution in [2.24, 2.45) is 0 Å². The van der Waals surface area contributed by atoms with Crippen molar-refractivity contribution in [1.29, 1.82) is 0 Å². The molecule has 3 rings (SSSR count). The fourth-order valence-electron chi connectivity index (χ4n) is 3.15. The van der Waals surface area contributed by atoms with Crippen LogP contribution in [0.3, 0.4) is 0 Å². The molecule has 1 aliphatic heterocycles. The lowest BCUT2D eigenvalue weighted by Crippen LogP contribution is -2.48. The minimum Gasteiger partial charge on any atom is -0.475 e. The van der Waals surface area contributed by atoms with Crippen LogP contribution in [0.25, 0.3) is 0 Å². The number of ether oxygens (including phenoxy) is 2. The summed E-state index contributed by atoms with van der Waals surface area (Å²) in [5.74, 6) is -0.929. The number of esters is 1. The van der Waals surface area contributed by atoms with Gasteiger partial charge in [-0.3, -0.25) is 9.59 Å². The van der Waals surface area contributed by atoms with E-state index in [1.165, 1.54) is 18.7 Å². The minimum atomic E-state index is -1.02. The van der Waals surface area contributed by atoms with Crippen LogP contribution < -0.4 is 15.0 Å². The molecule has 7 nitrogen and oxygen atoms in total. The Labute approximate surface area is 169 Å². The lowest BCUT2D eigenvalue weighted by molar-refractivity contribution is -0.160. The largest absolute Gasteiger partial charge is 0.475 e. The zero-order valence-electron chi connectivity index (χ0n) is 16.9. The summed E-state index contributed by atoms with van der Waals surface area (Å²) in [7, 11) is 0. The molecular formula is C22H24N2O5. The number of rotatable bonds is 4. The van der Waals surface area contributed by atoms with Crippen molar-refractivity contribution in [1.82, 2.24) is 0 Å². The Morgan fingerprint density at radius 3 is 2.59 bits per heavy atom. The molecule has 0 aliphatic carbocycles. The van der Waals surface area contributed by atoms with Crippen molar-refractivity contribution < 1.29 is 23.9 Å². The van der Waals surface area contributed by atoms with Crippen molar-refractivity contribution in [3.63, 3.8) is 0 Å². The van der Waals surface area contributed by atoms with Crippen LogP contribution in [0.4, 0.5) is 11.4 Å². The van der Waals surface area contributed by atoms with E-state index in [1.54, 1.807) is 24.3 Å². The average molecular weight is 396 g/mol. The van der Waals surface area contributed by atoms with Gasteiger partial charge in [0.25, 0.3) is 5.91 Å². The van der Waals surface area contributed by atoms with Gasteiger partial charge in [-0.2, -0.15) is 0 Å². The fraction of sp³-hybridized carbons (Fsp3) is 0.318. The third kappa shape index (κ3) is 4.56. The summed E-state index contributed by atoms with van der Waals surface area (Å²) in [5.41, 5.74) is 3.27. The van der Waals surface area contributed by atoms with Gasteiger partial charge in [0.15, 0.2) is 6.10 Å². The molecule has 1 N–H and O–H groups in total. The summed E-state index contributed by atoms with van der Waals surface area (Å²) in [4.78, 5) is 38.5. The Hall–Kier alpha value is -3.35. The average Bonchev–Trinajstić information content (AvgIpc) is 2.68. The van der Waals surface area contributed by atoms with Crippen LogP contribution in [0.1, 0.15) is 25.0 Å².